The highest BCUT2D eigenvalue weighted by molar-refractivity contribution is 5.80. The van der Waals surface area contributed by atoms with E-state index in [0.717, 1.165) is 0 Å². The number of pyridine rings is 1. The van der Waals surface area contributed by atoms with E-state index in [2.05, 4.69) is 15.6 Å². The van der Waals surface area contributed by atoms with Crippen LogP contribution in [-0.4, -0.2) is 47.9 Å². The first-order chi connectivity index (χ1) is 8.93. The molecule has 0 radical (unpaired) electrons. The van der Waals surface area contributed by atoms with Gasteiger partial charge in [0.05, 0.1) is 23.6 Å². The molecule has 0 bridgehead atoms. The van der Waals surface area contributed by atoms with Crippen LogP contribution >= 0.6 is 0 Å². The minimum Gasteiger partial charge on any atom is -0.370 e. The topological polar surface area (TPSA) is 100 Å². The van der Waals surface area contributed by atoms with Crippen molar-refractivity contribution in [3.8, 4) is 0 Å². The second-order valence-corrected chi connectivity index (χ2v) is 4.02. The molecule has 19 heavy (non-hydrogen) atoms. The maximum Gasteiger partial charge on any atom is 0.276 e. The predicted molar refractivity (Wildman–Crippen MR) is 72.2 cm³/mol. The Balaban J connectivity index is 2.87. The molecule has 8 heteroatoms. The van der Waals surface area contributed by atoms with Crippen molar-refractivity contribution < 1.29 is 9.72 Å². The molecular formula is C11H17N5O3. The van der Waals surface area contributed by atoms with Gasteiger partial charge in [-0.1, -0.05) is 0 Å². The molecule has 0 unspecified atom stereocenters. The van der Waals surface area contributed by atoms with Crippen LogP contribution in [0.5, 0.6) is 0 Å². The molecule has 104 valence electrons. The Hall–Kier alpha value is -2.38. The van der Waals surface area contributed by atoms with E-state index in [1.807, 2.05) is 6.92 Å². The molecule has 0 spiro atoms. The lowest BCUT2D eigenvalue weighted by molar-refractivity contribution is -0.384. The quantitative estimate of drug-likeness (QED) is 0.587. The van der Waals surface area contributed by atoms with Gasteiger partial charge in [-0.3, -0.25) is 14.9 Å². The zero-order valence-electron chi connectivity index (χ0n) is 11.1. The molecule has 0 aliphatic rings. The number of anilines is 2. The first-order valence-corrected chi connectivity index (χ1v) is 5.78. The molecule has 1 aromatic rings. The van der Waals surface area contributed by atoms with Crippen molar-refractivity contribution in [3.05, 3.63) is 22.2 Å². The van der Waals surface area contributed by atoms with Crippen LogP contribution in [0.25, 0.3) is 0 Å². The standard InChI is InChI=1S/C11H17N5O3/c1-4-12-9-5-8(16(18)19)6-10(14-9)13-7-11(17)15(2)3/h5-6H,4,7H2,1-3H3,(H2,12,13,14). The lowest BCUT2D eigenvalue weighted by Gasteiger charge is -2.12. The Morgan fingerprint density at radius 1 is 1.37 bits per heavy atom. The maximum atomic E-state index is 11.4. The number of nitrogens with one attached hydrogen (secondary N) is 2. The largest absolute Gasteiger partial charge is 0.370 e. The number of hydrogen-bond acceptors (Lipinski definition) is 6. The minimum atomic E-state index is -0.499. The molecule has 1 aromatic heterocycles. The zero-order valence-corrected chi connectivity index (χ0v) is 11.1. The van der Waals surface area contributed by atoms with E-state index in [-0.39, 0.29) is 18.1 Å². The summed E-state index contributed by atoms with van der Waals surface area (Å²) in [6.07, 6.45) is 0. The van der Waals surface area contributed by atoms with E-state index in [0.29, 0.717) is 18.2 Å². The molecule has 0 saturated carbocycles. The van der Waals surface area contributed by atoms with Gasteiger partial charge >= 0.3 is 0 Å². The summed E-state index contributed by atoms with van der Waals surface area (Å²) in [5, 5.41) is 16.5. The summed E-state index contributed by atoms with van der Waals surface area (Å²) in [4.78, 5) is 27.3. The number of carbonyl (C=O) groups excluding carboxylic acids is 1. The van der Waals surface area contributed by atoms with E-state index in [1.54, 1.807) is 14.1 Å². The van der Waals surface area contributed by atoms with E-state index < -0.39 is 4.92 Å². The number of nitrogens with zero attached hydrogens (tertiary/aromatic N) is 3. The zero-order chi connectivity index (χ0) is 14.4. The first kappa shape index (κ1) is 14.7. The van der Waals surface area contributed by atoms with Gasteiger partial charge in [-0.15, -0.1) is 0 Å². The summed E-state index contributed by atoms with van der Waals surface area (Å²) in [5.41, 5.74) is -0.0780. The average Bonchev–Trinajstić information content (AvgIpc) is 2.35. The molecule has 2 N–H and O–H groups in total. The fourth-order valence-electron chi connectivity index (χ4n) is 1.31. The summed E-state index contributed by atoms with van der Waals surface area (Å²) in [6, 6.07) is 2.65. The van der Waals surface area contributed by atoms with Crippen LogP contribution in [0.15, 0.2) is 12.1 Å². The average molecular weight is 267 g/mol. The number of hydrogen-bond donors (Lipinski definition) is 2. The normalized spacial score (nSPS) is 9.84. The Bertz CT molecular complexity index is 475. The predicted octanol–water partition coefficient (Wildman–Crippen LogP) is 0.922. The summed E-state index contributed by atoms with van der Waals surface area (Å²) < 4.78 is 0. The van der Waals surface area contributed by atoms with Gasteiger partial charge in [0.25, 0.3) is 5.69 Å². The monoisotopic (exact) mass is 267 g/mol. The second kappa shape index (κ2) is 6.53. The first-order valence-electron chi connectivity index (χ1n) is 5.78. The SMILES string of the molecule is CCNc1cc([N+](=O)[O-])cc(NCC(=O)N(C)C)n1. The lowest BCUT2D eigenvalue weighted by Crippen LogP contribution is -2.28. The van der Waals surface area contributed by atoms with Crippen LogP contribution in [0.1, 0.15) is 6.92 Å². The number of carbonyl (C=O) groups is 1. The Labute approximate surface area is 111 Å². The summed E-state index contributed by atoms with van der Waals surface area (Å²) >= 11 is 0. The fourth-order valence-corrected chi connectivity index (χ4v) is 1.31. The van der Waals surface area contributed by atoms with Gasteiger partial charge in [0.15, 0.2) is 0 Å². The van der Waals surface area contributed by atoms with Gasteiger partial charge in [-0.2, -0.15) is 0 Å². The van der Waals surface area contributed by atoms with Crippen molar-refractivity contribution in [3.63, 3.8) is 0 Å². The highest BCUT2D eigenvalue weighted by Gasteiger charge is 2.12. The van der Waals surface area contributed by atoms with Gasteiger partial charge < -0.3 is 15.5 Å². The van der Waals surface area contributed by atoms with Crippen LogP contribution in [0, 0.1) is 10.1 Å². The Morgan fingerprint density at radius 3 is 2.42 bits per heavy atom. The third-order valence-corrected chi connectivity index (χ3v) is 2.30. The molecule has 0 aliphatic carbocycles. The van der Waals surface area contributed by atoms with Crippen molar-refractivity contribution >= 4 is 23.2 Å². The maximum absolute atomic E-state index is 11.4. The number of amides is 1. The van der Waals surface area contributed by atoms with Gasteiger partial charge in [0, 0.05) is 20.6 Å². The minimum absolute atomic E-state index is 0.0345. The smallest absolute Gasteiger partial charge is 0.276 e. The second-order valence-electron chi connectivity index (χ2n) is 4.02. The number of rotatable bonds is 6. The summed E-state index contributed by atoms with van der Waals surface area (Å²) in [7, 11) is 3.27. The third kappa shape index (κ3) is 4.41. The Morgan fingerprint density at radius 2 is 1.95 bits per heavy atom. The van der Waals surface area contributed by atoms with E-state index in [4.69, 9.17) is 0 Å². The van der Waals surface area contributed by atoms with Gasteiger partial charge in [-0.05, 0) is 6.92 Å². The van der Waals surface area contributed by atoms with Crippen molar-refractivity contribution in [1.29, 1.82) is 0 Å². The highest BCUT2D eigenvalue weighted by atomic mass is 16.6. The van der Waals surface area contributed by atoms with Crippen LogP contribution in [0.3, 0.4) is 0 Å². The summed E-state index contributed by atoms with van der Waals surface area (Å²) in [5.74, 6) is 0.551. The van der Waals surface area contributed by atoms with Gasteiger partial charge in [0.2, 0.25) is 5.91 Å². The third-order valence-electron chi connectivity index (χ3n) is 2.30. The molecule has 0 fully saturated rings. The molecule has 1 amide bonds. The number of nitro groups is 1. The number of likely N-dealkylation sites (N-methyl/N-ethyl adjacent to an activating group) is 1. The van der Waals surface area contributed by atoms with Crippen LogP contribution in [0.4, 0.5) is 17.3 Å². The van der Waals surface area contributed by atoms with E-state index in [9.17, 15) is 14.9 Å². The van der Waals surface area contributed by atoms with Crippen molar-refractivity contribution in [1.82, 2.24) is 9.88 Å². The molecule has 0 aliphatic heterocycles. The van der Waals surface area contributed by atoms with Crippen molar-refractivity contribution in [2.75, 3.05) is 37.8 Å². The van der Waals surface area contributed by atoms with E-state index >= 15 is 0 Å². The van der Waals surface area contributed by atoms with Gasteiger partial charge in [0.1, 0.15) is 11.6 Å². The van der Waals surface area contributed by atoms with Crippen LogP contribution < -0.4 is 10.6 Å². The highest BCUT2D eigenvalue weighted by Crippen LogP contribution is 2.20. The van der Waals surface area contributed by atoms with E-state index in [1.165, 1.54) is 17.0 Å². The summed E-state index contributed by atoms with van der Waals surface area (Å²) in [6.45, 7) is 2.50. The van der Waals surface area contributed by atoms with Crippen molar-refractivity contribution in [2.24, 2.45) is 0 Å². The molecule has 0 saturated heterocycles. The number of aromatic nitrogens is 1. The molecule has 1 heterocycles. The lowest BCUT2D eigenvalue weighted by atomic mass is 10.3. The molecule has 1 rings (SSSR count). The molecule has 0 atom stereocenters. The molecule has 8 nitrogen and oxygen atoms in total. The Kier molecular flexibility index (Phi) is 5.04. The van der Waals surface area contributed by atoms with Gasteiger partial charge in [-0.25, -0.2) is 4.98 Å². The molecule has 0 aromatic carbocycles. The van der Waals surface area contributed by atoms with Crippen LogP contribution in [0.2, 0.25) is 0 Å². The molecular weight excluding hydrogens is 250 g/mol. The fraction of sp³-hybridized carbons (Fsp3) is 0.455. The van der Waals surface area contributed by atoms with Crippen molar-refractivity contribution in [2.45, 2.75) is 6.92 Å². The van der Waals surface area contributed by atoms with Crippen LogP contribution in [-0.2, 0) is 4.79 Å².